The first-order valence-corrected chi connectivity index (χ1v) is 9.62. The van der Waals surface area contributed by atoms with Crippen LogP contribution in [0, 0.1) is 30.1 Å². The number of terminal acetylenes is 1. The van der Waals surface area contributed by atoms with Crippen molar-refractivity contribution >= 4 is 11.6 Å². The van der Waals surface area contributed by atoms with Gasteiger partial charge in [-0.3, -0.25) is 0 Å². The van der Waals surface area contributed by atoms with E-state index < -0.39 is 0 Å². The van der Waals surface area contributed by atoms with Gasteiger partial charge in [0.25, 0.3) is 0 Å². The summed E-state index contributed by atoms with van der Waals surface area (Å²) < 4.78 is 0. The van der Waals surface area contributed by atoms with Crippen molar-refractivity contribution < 1.29 is 0 Å². The van der Waals surface area contributed by atoms with E-state index in [0.29, 0.717) is 11.1 Å². The minimum Gasteiger partial charge on any atom is -0.388 e. The van der Waals surface area contributed by atoms with E-state index in [4.69, 9.17) is 18.0 Å². The first-order chi connectivity index (χ1) is 11.6. The van der Waals surface area contributed by atoms with Crippen molar-refractivity contribution in [1.82, 2.24) is 5.32 Å². The predicted octanol–water partition coefficient (Wildman–Crippen LogP) is 5.57. The van der Waals surface area contributed by atoms with E-state index >= 15 is 0 Å². The van der Waals surface area contributed by atoms with Crippen LogP contribution in [-0.4, -0.2) is 6.04 Å². The number of allylic oxidation sites excluding steroid dienone is 1. The summed E-state index contributed by atoms with van der Waals surface area (Å²) in [5, 5.41) is 4.37. The Labute approximate surface area is 151 Å². The molecule has 2 heteroatoms. The van der Waals surface area contributed by atoms with E-state index in [2.05, 4.69) is 43.4 Å². The largest absolute Gasteiger partial charge is 0.388 e. The monoisotopic (exact) mass is 341 g/mol. The normalized spacial score (nSPS) is 30.2. The quantitative estimate of drug-likeness (QED) is 0.708. The SMILES string of the molecule is C#Cc1ccc(C[C@H]2CC[C@H](C3CC(C)C(C)=CN3)CC2)cc1Cl. The summed E-state index contributed by atoms with van der Waals surface area (Å²) in [6.07, 6.45) is 15.5. The first-order valence-electron chi connectivity index (χ1n) is 9.24. The summed E-state index contributed by atoms with van der Waals surface area (Å²) >= 11 is 6.24. The first kappa shape index (κ1) is 17.4. The van der Waals surface area contributed by atoms with Gasteiger partial charge in [0.2, 0.25) is 0 Å². The number of hydrogen-bond acceptors (Lipinski definition) is 1. The Balaban J connectivity index is 1.52. The second kappa shape index (κ2) is 7.66. The minimum atomic E-state index is 0.675. The fourth-order valence-corrected chi connectivity index (χ4v) is 4.53. The fourth-order valence-electron chi connectivity index (χ4n) is 4.27. The van der Waals surface area contributed by atoms with Crippen LogP contribution in [0.5, 0.6) is 0 Å². The molecule has 1 N–H and O–H groups in total. The molecule has 1 aliphatic carbocycles. The highest BCUT2D eigenvalue weighted by atomic mass is 35.5. The van der Waals surface area contributed by atoms with Gasteiger partial charge in [-0.1, -0.05) is 36.1 Å². The van der Waals surface area contributed by atoms with Gasteiger partial charge in [-0.15, -0.1) is 6.42 Å². The molecule has 1 fully saturated rings. The van der Waals surface area contributed by atoms with Crippen molar-refractivity contribution in [1.29, 1.82) is 0 Å². The van der Waals surface area contributed by atoms with Crippen molar-refractivity contribution in [3.63, 3.8) is 0 Å². The number of halogens is 1. The van der Waals surface area contributed by atoms with E-state index in [-0.39, 0.29) is 0 Å². The molecule has 1 nitrogen and oxygen atoms in total. The average molecular weight is 342 g/mol. The van der Waals surface area contributed by atoms with Crippen LogP contribution in [0.15, 0.2) is 30.0 Å². The highest BCUT2D eigenvalue weighted by Gasteiger charge is 2.30. The molecule has 0 bridgehead atoms. The summed E-state index contributed by atoms with van der Waals surface area (Å²) in [6, 6.07) is 6.85. The Bertz CT molecular complexity index is 646. The number of rotatable bonds is 3. The second-order valence-corrected chi connectivity index (χ2v) is 8.15. The van der Waals surface area contributed by atoms with Crippen molar-refractivity contribution in [2.45, 2.75) is 58.4 Å². The number of benzene rings is 1. The standard InChI is InChI=1S/C22H28ClN/c1-4-19-8-7-18(13-21(19)23)12-17-5-9-20(10-6-17)22-11-15(2)16(3)14-24-22/h1,7-8,13-15,17,20,22,24H,5-6,9-12H2,2-3H3/t15?,17-,20-,22?. The third-order valence-electron chi connectivity index (χ3n) is 6.08. The Hall–Kier alpha value is -1.39. The maximum atomic E-state index is 6.24. The van der Waals surface area contributed by atoms with Gasteiger partial charge in [0, 0.05) is 11.6 Å². The minimum absolute atomic E-state index is 0.675. The third-order valence-corrected chi connectivity index (χ3v) is 6.40. The molecule has 0 aromatic heterocycles. The second-order valence-electron chi connectivity index (χ2n) is 7.74. The van der Waals surface area contributed by atoms with Gasteiger partial charge in [-0.05, 0) is 87.1 Å². The van der Waals surface area contributed by atoms with E-state index in [9.17, 15) is 0 Å². The smallest absolute Gasteiger partial charge is 0.0565 e. The molecular weight excluding hydrogens is 314 g/mol. The molecule has 1 aromatic carbocycles. The van der Waals surface area contributed by atoms with Crippen LogP contribution in [0.4, 0.5) is 0 Å². The van der Waals surface area contributed by atoms with Gasteiger partial charge in [-0.2, -0.15) is 0 Å². The lowest BCUT2D eigenvalue weighted by Gasteiger charge is -2.38. The maximum absolute atomic E-state index is 6.24. The van der Waals surface area contributed by atoms with Crippen LogP contribution < -0.4 is 5.32 Å². The third kappa shape index (κ3) is 3.98. The highest BCUT2D eigenvalue weighted by Crippen LogP contribution is 2.36. The lowest BCUT2D eigenvalue weighted by molar-refractivity contribution is 0.208. The summed E-state index contributed by atoms with van der Waals surface area (Å²) in [5.74, 6) is 4.98. The molecule has 128 valence electrons. The van der Waals surface area contributed by atoms with Crippen LogP contribution in [0.25, 0.3) is 0 Å². The molecule has 1 aliphatic heterocycles. The van der Waals surface area contributed by atoms with Gasteiger partial charge in [0.15, 0.2) is 0 Å². The van der Waals surface area contributed by atoms with Gasteiger partial charge >= 0.3 is 0 Å². The molecule has 2 unspecified atom stereocenters. The van der Waals surface area contributed by atoms with Gasteiger partial charge in [-0.25, -0.2) is 0 Å². The highest BCUT2D eigenvalue weighted by molar-refractivity contribution is 6.31. The molecule has 1 heterocycles. The molecule has 2 aliphatic rings. The van der Waals surface area contributed by atoms with E-state index in [1.54, 1.807) is 0 Å². The summed E-state index contributed by atoms with van der Waals surface area (Å²) in [6.45, 7) is 4.59. The maximum Gasteiger partial charge on any atom is 0.0565 e. The van der Waals surface area contributed by atoms with Crippen LogP contribution in [-0.2, 0) is 6.42 Å². The molecule has 1 saturated carbocycles. The molecule has 0 amide bonds. The summed E-state index contributed by atoms with van der Waals surface area (Å²) in [4.78, 5) is 0. The topological polar surface area (TPSA) is 12.0 Å². The van der Waals surface area contributed by atoms with Gasteiger partial charge in [0.05, 0.1) is 5.02 Å². The van der Waals surface area contributed by atoms with Gasteiger partial charge < -0.3 is 5.32 Å². The number of nitrogens with one attached hydrogen (secondary N) is 1. The molecular formula is C22H28ClN. The molecule has 0 radical (unpaired) electrons. The van der Waals surface area contributed by atoms with Crippen molar-refractivity contribution in [3.8, 4) is 12.3 Å². The van der Waals surface area contributed by atoms with E-state index in [1.165, 1.54) is 43.2 Å². The molecule has 24 heavy (non-hydrogen) atoms. The van der Waals surface area contributed by atoms with Crippen LogP contribution in [0.1, 0.15) is 57.1 Å². The van der Waals surface area contributed by atoms with E-state index in [1.807, 2.05) is 6.07 Å². The van der Waals surface area contributed by atoms with E-state index in [0.717, 1.165) is 29.7 Å². The zero-order chi connectivity index (χ0) is 17.1. The van der Waals surface area contributed by atoms with Crippen LogP contribution in [0.2, 0.25) is 5.02 Å². The van der Waals surface area contributed by atoms with Crippen molar-refractivity contribution in [3.05, 3.63) is 46.1 Å². The molecule has 2 atom stereocenters. The number of hydrogen-bond donors (Lipinski definition) is 1. The Kier molecular flexibility index (Phi) is 5.57. The van der Waals surface area contributed by atoms with Crippen LogP contribution >= 0.6 is 11.6 Å². The molecule has 0 spiro atoms. The molecule has 3 rings (SSSR count). The molecule has 0 saturated heterocycles. The zero-order valence-corrected chi connectivity index (χ0v) is 15.6. The lowest BCUT2D eigenvalue weighted by atomic mass is 9.74. The lowest BCUT2D eigenvalue weighted by Crippen LogP contribution is -2.39. The van der Waals surface area contributed by atoms with Crippen molar-refractivity contribution in [2.75, 3.05) is 0 Å². The zero-order valence-electron chi connectivity index (χ0n) is 14.8. The molecule has 1 aromatic rings. The Morgan fingerprint density at radius 1 is 1.25 bits per heavy atom. The Morgan fingerprint density at radius 3 is 2.62 bits per heavy atom. The fraction of sp³-hybridized carbons (Fsp3) is 0.545. The predicted molar refractivity (Wildman–Crippen MR) is 103 cm³/mol. The summed E-state index contributed by atoms with van der Waals surface area (Å²) in [7, 11) is 0. The van der Waals surface area contributed by atoms with Gasteiger partial charge in [0.1, 0.15) is 0 Å². The Morgan fingerprint density at radius 2 is 2.00 bits per heavy atom. The average Bonchev–Trinajstić information content (AvgIpc) is 2.58. The van der Waals surface area contributed by atoms with Crippen LogP contribution in [0.3, 0.4) is 0 Å². The van der Waals surface area contributed by atoms with Crippen molar-refractivity contribution in [2.24, 2.45) is 17.8 Å². The summed E-state index contributed by atoms with van der Waals surface area (Å²) in [5.41, 5.74) is 3.61.